The van der Waals surface area contributed by atoms with Crippen molar-refractivity contribution in [2.45, 2.75) is 25.5 Å². The number of ether oxygens (including phenoxy) is 1. The third-order valence-corrected chi connectivity index (χ3v) is 4.97. The number of aromatic nitrogens is 6. The van der Waals surface area contributed by atoms with Crippen LogP contribution in [0.5, 0.6) is 5.75 Å². The third kappa shape index (κ3) is 3.77. The van der Waals surface area contributed by atoms with E-state index in [1.165, 1.54) is 28.0 Å². The molecule has 1 aromatic carbocycles. The van der Waals surface area contributed by atoms with E-state index in [9.17, 15) is 14.4 Å². The third-order valence-electron chi connectivity index (χ3n) is 4.97. The Morgan fingerprint density at radius 2 is 2.17 bits per heavy atom. The SMILES string of the molecule is N#Cc1c(COc2ccc(-n3cnnn3)c(F)c2)cnn1C1CCN(C(=O)O)CC1. The number of carboxylic acid groups (broad SMARTS) is 1. The lowest BCUT2D eigenvalue weighted by molar-refractivity contribution is 0.123. The number of nitriles is 1. The van der Waals surface area contributed by atoms with Gasteiger partial charge in [-0.3, -0.25) is 4.68 Å². The fourth-order valence-corrected chi connectivity index (χ4v) is 3.40. The predicted octanol–water partition coefficient (Wildman–Crippen LogP) is 1.76. The number of hydrogen-bond acceptors (Lipinski definition) is 7. The standard InChI is InChI=1S/C18H17FN8O3/c19-15-7-14(1-2-16(15)26-11-21-23-24-26)30-10-12-9-22-27(17(12)8-20)13-3-5-25(6-4-13)18(28)29/h1-2,7,9,11,13H,3-6,10H2,(H,28,29). The maximum atomic E-state index is 14.3. The molecular formula is C18H17FN8O3. The van der Waals surface area contributed by atoms with Crippen molar-refractivity contribution in [2.75, 3.05) is 13.1 Å². The number of likely N-dealkylation sites (tertiary alicyclic amines) is 1. The van der Waals surface area contributed by atoms with Crippen molar-refractivity contribution in [2.24, 2.45) is 0 Å². The van der Waals surface area contributed by atoms with Gasteiger partial charge in [-0.25, -0.2) is 9.18 Å². The molecule has 4 rings (SSSR count). The van der Waals surface area contributed by atoms with Crippen LogP contribution in [0.1, 0.15) is 30.1 Å². The number of rotatable bonds is 5. The summed E-state index contributed by atoms with van der Waals surface area (Å²) in [6.07, 6.45) is 3.04. The molecule has 0 unspecified atom stereocenters. The molecule has 0 saturated carbocycles. The molecule has 1 aliphatic heterocycles. The molecule has 1 fully saturated rings. The molecule has 2 aromatic heterocycles. The van der Waals surface area contributed by atoms with Gasteiger partial charge < -0.3 is 14.7 Å². The summed E-state index contributed by atoms with van der Waals surface area (Å²) in [4.78, 5) is 12.4. The van der Waals surface area contributed by atoms with E-state index < -0.39 is 11.9 Å². The van der Waals surface area contributed by atoms with Crippen LogP contribution >= 0.6 is 0 Å². The fourth-order valence-electron chi connectivity index (χ4n) is 3.40. The molecule has 3 aromatic rings. The molecule has 0 aliphatic carbocycles. The number of tetrazole rings is 1. The maximum absolute atomic E-state index is 14.3. The van der Waals surface area contributed by atoms with Crippen LogP contribution < -0.4 is 4.74 Å². The van der Waals surface area contributed by atoms with E-state index in [2.05, 4.69) is 26.7 Å². The Bertz CT molecular complexity index is 1080. The van der Waals surface area contributed by atoms with Crippen molar-refractivity contribution in [3.8, 4) is 17.5 Å². The second kappa shape index (κ2) is 8.16. The van der Waals surface area contributed by atoms with Gasteiger partial charge in [0.1, 0.15) is 36.1 Å². The highest BCUT2D eigenvalue weighted by Crippen LogP contribution is 2.26. The van der Waals surface area contributed by atoms with Crippen molar-refractivity contribution in [1.29, 1.82) is 5.26 Å². The van der Waals surface area contributed by atoms with Crippen molar-refractivity contribution in [1.82, 2.24) is 34.9 Å². The molecule has 0 atom stereocenters. The van der Waals surface area contributed by atoms with E-state index in [0.29, 0.717) is 37.2 Å². The topological polar surface area (TPSA) is 135 Å². The average molecular weight is 412 g/mol. The predicted molar refractivity (Wildman–Crippen MR) is 98.3 cm³/mol. The zero-order valence-corrected chi connectivity index (χ0v) is 15.7. The van der Waals surface area contributed by atoms with Gasteiger partial charge in [0.2, 0.25) is 0 Å². The largest absolute Gasteiger partial charge is 0.489 e. The zero-order chi connectivity index (χ0) is 21.1. The molecule has 12 heteroatoms. The molecule has 1 saturated heterocycles. The summed E-state index contributed by atoms with van der Waals surface area (Å²) in [5, 5.41) is 33.6. The monoisotopic (exact) mass is 412 g/mol. The minimum atomic E-state index is -0.943. The van der Waals surface area contributed by atoms with Crippen molar-refractivity contribution >= 4 is 6.09 Å². The zero-order valence-electron chi connectivity index (χ0n) is 15.7. The van der Waals surface area contributed by atoms with Gasteiger partial charge >= 0.3 is 6.09 Å². The first-order valence-corrected chi connectivity index (χ1v) is 9.17. The van der Waals surface area contributed by atoms with E-state index in [1.54, 1.807) is 16.9 Å². The first-order chi connectivity index (χ1) is 14.6. The fraction of sp³-hybridized carbons (Fsp3) is 0.333. The van der Waals surface area contributed by atoms with Gasteiger partial charge in [0.25, 0.3) is 0 Å². The number of hydrogen-bond donors (Lipinski definition) is 1. The van der Waals surface area contributed by atoms with Crippen molar-refractivity contribution < 1.29 is 19.0 Å². The summed E-state index contributed by atoms with van der Waals surface area (Å²) in [5.41, 5.74) is 1.11. The summed E-state index contributed by atoms with van der Waals surface area (Å²) in [6, 6.07) is 6.37. The van der Waals surface area contributed by atoms with Crippen LogP contribution in [-0.4, -0.2) is 59.2 Å². The first-order valence-electron chi connectivity index (χ1n) is 9.17. The lowest BCUT2D eigenvalue weighted by Crippen LogP contribution is -2.38. The number of halogens is 1. The Morgan fingerprint density at radius 1 is 1.37 bits per heavy atom. The molecule has 1 aliphatic rings. The Morgan fingerprint density at radius 3 is 2.80 bits per heavy atom. The molecule has 0 spiro atoms. The molecule has 11 nitrogen and oxygen atoms in total. The van der Waals surface area contributed by atoms with Crippen LogP contribution in [0, 0.1) is 17.1 Å². The lowest BCUT2D eigenvalue weighted by Gasteiger charge is -2.30. The van der Waals surface area contributed by atoms with E-state index in [-0.39, 0.29) is 24.1 Å². The molecule has 0 radical (unpaired) electrons. The number of nitrogens with zero attached hydrogens (tertiary/aromatic N) is 8. The quantitative estimate of drug-likeness (QED) is 0.670. The van der Waals surface area contributed by atoms with Crippen LogP contribution in [0.25, 0.3) is 5.69 Å². The van der Waals surface area contributed by atoms with Gasteiger partial charge in [-0.2, -0.15) is 15.0 Å². The number of benzene rings is 1. The van der Waals surface area contributed by atoms with Crippen LogP contribution in [0.3, 0.4) is 0 Å². The molecule has 0 bridgehead atoms. The summed E-state index contributed by atoms with van der Waals surface area (Å²) in [5.74, 6) is -0.267. The van der Waals surface area contributed by atoms with Gasteiger partial charge in [0, 0.05) is 24.7 Å². The smallest absolute Gasteiger partial charge is 0.407 e. The first kappa shape index (κ1) is 19.3. The Hall–Kier alpha value is -4.01. The van der Waals surface area contributed by atoms with Crippen molar-refractivity contribution in [3.05, 3.63) is 47.8 Å². The van der Waals surface area contributed by atoms with E-state index in [4.69, 9.17) is 9.84 Å². The van der Waals surface area contributed by atoms with Gasteiger partial charge in [0.05, 0.1) is 12.2 Å². The average Bonchev–Trinajstić information content (AvgIpc) is 3.42. The normalized spacial score (nSPS) is 14.5. The highest BCUT2D eigenvalue weighted by Gasteiger charge is 2.26. The molecule has 3 heterocycles. The molecule has 1 N–H and O–H groups in total. The second-order valence-corrected chi connectivity index (χ2v) is 6.73. The van der Waals surface area contributed by atoms with Crippen LogP contribution in [0.2, 0.25) is 0 Å². The van der Waals surface area contributed by atoms with E-state index >= 15 is 0 Å². The second-order valence-electron chi connectivity index (χ2n) is 6.73. The van der Waals surface area contributed by atoms with Gasteiger partial charge in [-0.1, -0.05) is 0 Å². The summed E-state index contributed by atoms with van der Waals surface area (Å²) >= 11 is 0. The van der Waals surface area contributed by atoms with Gasteiger partial charge in [-0.15, -0.1) is 5.10 Å². The molecule has 30 heavy (non-hydrogen) atoms. The van der Waals surface area contributed by atoms with Crippen LogP contribution in [0.4, 0.5) is 9.18 Å². The highest BCUT2D eigenvalue weighted by atomic mass is 19.1. The molecular weight excluding hydrogens is 395 g/mol. The number of piperidine rings is 1. The highest BCUT2D eigenvalue weighted by molar-refractivity contribution is 5.65. The molecule has 1 amide bonds. The minimum Gasteiger partial charge on any atom is -0.489 e. The van der Waals surface area contributed by atoms with E-state index in [0.717, 1.165) is 0 Å². The summed E-state index contributed by atoms with van der Waals surface area (Å²) < 4.78 is 22.8. The number of carbonyl (C=O) groups is 1. The van der Waals surface area contributed by atoms with Gasteiger partial charge in [0.15, 0.2) is 5.82 Å². The van der Waals surface area contributed by atoms with E-state index in [1.807, 2.05) is 0 Å². The summed E-state index contributed by atoms with van der Waals surface area (Å²) in [6.45, 7) is 0.827. The minimum absolute atomic E-state index is 0.0422. The Kier molecular flexibility index (Phi) is 5.25. The lowest BCUT2D eigenvalue weighted by atomic mass is 10.1. The summed E-state index contributed by atoms with van der Waals surface area (Å²) in [7, 11) is 0. The Balaban J connectivity index is 1.44. The Labute approximate surface area is 169 Å². The van der Waals surface area contributed by atoms with Crippen LogP contribution in [0.15, 0.2) is 30.7 Å². The van der Waals surface area contributed by atoms with Crippen LogP contribution in [-0.2, 0) is 6.61 Å². The number of amides is 1. The molecule has 154 valence electrons. The van der Waals surface area contributed by atoms with Crippen molar-refractivity contribution in [3.63, 3.8) is 0 Å². The van der Waals surface area contributed by atoms with Gasteiger partial charge in [-0.05, 0) is 35.4 Å². The maximum Gasteiger partial charge on any atom is 0.407 e.